The number of rotatable bonds is 0. The Morgan fingerprint density at radius 2 is 1.19 bits per heavy atom. The quantitative estimate of drug-likeness (QED) is 0.579. The van der Waals surface area contributed by atoms with E-state index in [-0.39, 0.29) is 0 Å². The Morgan fingerprint density at radius 1 is 0.812 bits per heavy atom. The Kier molecular flexibility index (Phi) is 6.62. The van der Waals surface area contributed by atoms with Crippen LogP contribution in [0.5, 0.6) is 0 Å². The molecule has 0 aromatic carbocycles. The molecule has 2 aliphatic heterocycles. The molecule has 0 aliphatic carbocycles. The number of hydrogen-bond donors (Lipinski definition) is 0. The van der Waals surface area contributed by atoms with Gasteiger partial charge in [-0.25, -0.2) is 0 Å². The normalized spacial score (nSPS) is 22.7. The number of nitrogens with zero attached hydrogens (tertiary/aromatic N) is 1. The van der Waals surface area contributed by atoms with E-state index in [0.717, 1.165) is 0 Å². The first-order valence-electron chi connectivity index (χ1n) is 7.31. The third-order valence-corrected chi connectivity index (χ3v) is 4.04. The van der Waals surface area contributed by atoms with Crippen LogP contribution in [0.1, 0.15) is 74.1 Å². The van der Waals surface area contributed by atoms with Gasteiger partial charge >= 0.3 is 0 Å². The molecule has 0 amide bonds. The SMILES string of the molecule is CC.CC.CC(C)(C)C12CCCN1CCC2. The highest BCUT2D eigenvalue weighted by atomic mass is 15.2. The van der Waals surface area contributed by atoms with E-state index in [1.54, 1.807) is 0 Å². The molecule has 2 aliphatic rings. The van der Waals surface area contributed by atoms with Crippen molar-refractivity contribution in [1.82, 2.24) is 4.90 Å². The van der Waals surface area contributed by atoms with Gasteiger partial charge in [-0.3, -0.25) is 4.90 Å². The lowest BCUT2D eigenvalue weighted by Crippen LogP contribution is -2.48. The van der Waals surface area contributed by atoms with Gasteiger partial charge in [0.15, 0.2) is 0 Å². The highest BCUT2D eigenvalue weighted by Crippen LogP contribution is 2.49. The van der Waals surface area contributed by atoms with Gasteiger partial charge in [0.05, 0.1) is 0 Å². The second kappa shape index (κ2) is 6.64. The van der Waals surface area contributed by atoms with E-state index >= 15 is 0 Å². The average molecular weight is 227 g/mol. The fourth-order valence-electron chi connectivity index (χ4n) is 3.33. The predicted octanol–water partition coefficient (Wildman–Crippen LogP) is 4.71. The molecular weight excluding hydrogens is 194 g/mol. The summed E-state index contributed by atoms with van der Waals surface area (Å²) in [6.45, 7) is 18.0. The number of hydrogen-bond acceptors (Lipinski definition) is 1. The standard InChI is InChI=1S/C11H21N.2C2H6/c1-10(2,3)11-6-4-8-12(11)9-5-7-11;2*1-2/h4-9H2,1-3H3;2*1-2H3. The van der Waals surface area contributed by atoms with E-state index in [0.29, 0.717) is 11.0 Å². The van der Waals surface area contributed by atoms with Crippen molar-refractivity contribution in [3.8, 4) is 0 Å². The summed E-state index contributed by atoms with van der Waals surface area (Å²) in [5, 5.41) is 0. The van der Waals surface area contributed by atoms with E-state index < -0.39 is 0 Å². The van der Waals surface area contributed by atoms with Gasteiger partial charge in [-0.05, 0) is 44.2 Å². The zero-order valence-corrected chi connectivity index (χ0v) is 12.7. The molecule has 1 heteroatoms. The molecule has 0 unspecified atom stereocenters. The van der Waals surface area contributed by atoms with Crippen molar-refractivity contribution in [2.45, 2.75) is 79.7 Å². The van der Waals surface area contributed by atoms with Crippen molar-refractivity contribution >= 4 is 0 Å². The molecule has 98 valence electrons. The smallest absolute Gasteiger partial charge is 0.0258 e. The third kappa shape index (κ3) is 2.80. The minimum absolute atomic E-state index is 0.486. The van der Waals surface area contributed by atoms with E-state index in [2.05, 4.69) is 25.7 Å². The molecule has 2 saturated heterocycles. The summed E-state index contributed by atoms with van der Waals surface area (Å²) >= 11 is 0. The van der Waals surface area contributed by atoms with E-state index in [9.17, 15) is 0 Å². The van der Waals surface area contributed by atoms with Crippen molar-refractivity contribution in [1.29, 1.82) is 0 Å². The van der Waals surface area contributed by atoms with Gasteiger partial charge < -0.3 is 0 Å². The topological polar surface area (TPSA) is 3.24 Å². The summed E-state index contributed by atoms with van der Waals surface area (Å²) in [7, 11) is 0. The van der Waals surface area contributed by atoms with Gasteiger partial charge in [0, 0.05) is 5.54 Å². The Morgan fingerprint density at radius 3 is 1.44 bits per heavy atom. The van der Waals surface area contributed by atoms with E-state index in [1.165, 1.54) is 38.8 Å². The summed E-state index contributed by atoms with van der Waals surface area (Å²) in [6, 6.07) is 0. The fourth-order valence-corrected chi connectivity index (χ4v) is 3.33. The van der Waals surface area contributed by atoms with Crippen molar-refractivity contribution in [3.05, 3.63) is 0 Å². The summed E-state index contributed by atoms with van der Waals surface area (Å²) in [5.74, 6) is 0. The maximum absolute atomic E-state index is 2.74. The molecular formula is C15H33N. The fraction of sp³-hybridized carbons (Fsp3) is 1.00. The van der Waals surface area contributed by atoms with Crippen LogP contribution < -0.4 is 0 Å². The first-order chi connectivity index (χ1) is 7.56. The predicted molar refractivity (Wildman–Crippen MR) is 74.9 cm³/mol. The zero-order chi connectivity index (χ0) is 12.8. The van der Waals surface area contributed by atoms with Gasteiger partial charge in [-0.1, -0.05) is 48.5 Å². The molecule has 0 aromatic heterocycles. The lowest BCUT2D eigenvalue weighted by atomic mass is 9.71. The van der Waals surface area contributed by atoms with Gasteiger partial charge in [0.1, 0.15) is 0 Å². The highest BCUT2D eigenvalue weighted by molar-refractivity contribution is 5.06. The van der Waals surface area contributed by atoms with Crippen LogP contribution in [0.3, 0.4) is 0 Å². The first kappa shape index (κ1) is 16.0. The summed E-state index contributed by atoms with van der Waals surface area (Å²) in [6.07, 6.45) is 5.74. The zero-order valence-electron chi connectivity index (χ0n) is 12.7. The highest BCUT2D eigenvalue weighted by Gasteiger charge is 2.51. The van der Waals surface area contributed by atoms with Crippen LogP contribution in [-0.2, 0) is 0 Å². The maximum Gasteiger partial charge on any atom is 0.0258 e. The summed E-state index contributed by atoms with van der Waals surface area (Å²) in [4.78, 5) is 2.74. The minimum Gasteiger partial charge on any atom is -0.297 e. The minimum atomic E-state index is 0.486. The van der Waals surface area contributed by atoms with Gasteiger partial charge in [-0.15, -0.1) is 0 Å². The largest absolute Gasteiger partial charge is 0.297 e. The van der Waals surface area contributed by atoms with Crippen LogP contribution in [0.15, 0.2) is 0 Å². The molecule has 2 fully saturated rings. The lowest BCUT2D eigenvalue weighted by molar-refractivity contribution is 0.0642. The molecule has 1 nitrogen and oxygen atoms in total. The van der Waals surface area contributed by atoms with Crippen molar-refractivity contribution in [2.75, 3.05) is 13.1 Å². The van der Waals surface area contributed by atoms with Crippen LogP contribution in [0, 0.1) is 5.41 Å². The Hall–Kier alpha value is -0.0400. The second-order valence-corrected chi connectivity index (χ2v) is 5.48. The molecule has 2 rings (SSSR count). The summed E-state index contributed by atoms with van der Waals surface area (Å²) < 4.78 is 0. The Bertz CT molecular complexity index is 168. The second-order valence-electron chi connectivity index (χ2n) is 5.48. The van der Waals surface area contributed by atoms with Crippen molar-refractivity contribution in [2.24, 2.45) is 5.41 Å². The van der Waals surface area contributed by atoms with Crippen LogP contribution in [-0.4, -0.2) is 23.5 Å². The molecule has 0 bridgehead atoms. The summed E-state index contributed by atoms with van der Waals surface area (Å²) in [5.41, 5.74) is 1.06. The molecule has 0 atom stereocenters. The first-order valence-corrected chi connectivity index (χ1v) is 7.31. The maximum atomic E-state index is 2.74. The van der Waals surface area contributed by atoms with Gasteiger partial charge in [0.2, 0.25) is 0 Å². The van der Waals surface area contributed by atoms with Crippen LogP contribution in [0.2, 0.25) is 0 Å². The van der Waals surface area contributed by atoms with Crippen LogP contribution in [0.4, 0.5) is 0 Å². The molecule has 0 radical (unpaired) electrons. The van der Waals surface area contributed by atoms with E-state index in [4.69, 9.17) is 0 Å². The van der Waals surface area contributed by atoms with Crippen molar-refractivity contribution < 1.29 is 0 Å². The molecule has 0 saturated carbocycles. The molecule has 2 heterocycles. The number of fused-ring (bicyclic) bond motifs is 1. The molecule has 0 N–H and O–H groups in total. The van der Waals surface area contributed by atoms with Crippen LogP contribution in [0.25, 0.3) is 0 Å². The average Bonchev–Trinajstić information content (AvgIpc) is 2.81. The molecule has 16 heavy (non-hydrogen) atoms. The lowest BCUT2D eigenvalue weighted by Gasteiger charge is -2.44. The molecule has 0 aromatic rings. The molecule has 0 spiro atoms. The van der Waals surface area contributed by atoms with Gasteiger partial charge in [-0.2, -0.15) is 0 Å². The van der Waals surface area contributed by atoms with Gasteiger partial charge in [0.25, 0.3) is 0 Å². The van der Waals surface area contributed by atoms with Crippen molar-refractivity contribution in [3.63, 3.8) is 0 Å². The van der Waals surface area contributed by atoms with E-state index in [1.807, 2.05) is 27.7 Å². The Labute approximate surface area is 104 Å². The third-order valence-electron chi connectivity index (χ3n) is 4.04. The monoisotopic (exact) mass is 227 g/mol. The van der Waals surface area contributed by atoms with Crippen LogP contribution >= 0.6 is 0 Å². The Balaban J connectivity index is 0.000000509.